The number of aromatic nitrogens is 1. The van der Waals surface area contributed by atoms with Gasteiger partial charge in [0.05, 0.1) is 0 Å². The Morgan fingerprint density at radius 2 is 1.85 bits per heavy atom. The Hall–Kier alpha value is -2.89. The molecular weight excluding hydrogens is 328 g/mol. The maximum absolute atomic E-state index is 12.2. The standard InChI is InChI=1S/C20H24N4O2/c25-19-12-18(15-24(19)11-8-16-4-2-1-3-5-16)14-23-20(26)22-13-17-6-9-21-10-7-17/h1-7,9-10,18H,8,11-15H2,(H2,22,23,26)/t18-/m1/s1. The first-order chi connectivity index (χ1) is 12.7. The van der Waals surface area contributed by atoms with Crippen molar-refractivity contribution in [2.24, 2.45) is 5.92 Å². The summed E-state index contributed by atoms with van der Waals surface area (Å²) in [5.41, 5.74) is 2.23. The highest BCUT2D eigenvalue weighted by Crippen LogP contribution is 2.17. The fourth-order valence-corrected chi connectivity index (χ4v) is 3.10. The minimum absolute atomic E-state index is 0.171. The van der Waals surface area contributed by atoms with Crippen LogP contribution in [0.1, 0.15) is 17.5 Å². The number of hydrogen-bond donors (Lipinski definition) is 2. The number of nitrogens with zero attached hydrogens (tertiary/aromatic N) is 2. The molecule has 1 aliphatic rings. The summed E-state index contributed by atoms with van der Waals surface area (Å²) in [6.07, 6.45) is 4.75. The van der Waals surface area contributed by atoms with Crippen LogP contribution < -0.4 is 10.6 Å². The molecule has 2 N–H and O–H groups in total. The van der Waals surface area contributed by atoms with Crippen LogP contribution in [0.3, 0.4) is 0 Å². The molecule has 1 aromatic heterocycles. The van der Waals surface area contributed by atoms with Crippen molar-refractivity contribution < 1.29 is 9.59 Å². The third-order valence-corrected chi connectivity index (χ3v) is 4.56. The van der Waals surface area contributed by atoms with Gasteiger partial charge < -0.3 is 15.5 Å². The van der Waals surface area contributed by atoms with Crippen molar-refractivity contribution in [1.82, 2.24) is 20.5 Å². The number of pyridine rings is 1. The number of benzene rings is 1. The number of urea groups is 1. The van der Waals surface area contributed by atoms with E-state index in [4.69, 9.17) is 0 Å². The monoisotopic (exact) mass is 352 g/mol. The predicted octanol–water partition coefficient (Wildman–Crippen LogP) is 1.97. The summed E-state index contributed by atoms with van der Waals surface area (Å²) >= 11 is 0. The molecule has 1 fully saturated rings. The molecule has 136 valence electrons. The molecule has 26 heavy (non-hydrogen) atoms. The van der Waals surface area contributed by atoms with E-state index in [9.17, 15) is 9.59 Å². The van der Waals surface area contributed by atoms with Crippen molar-refractivity contribution in [2.75, 3.05) is 19.6 Å². The van der Waals surface area contributed by atoms with Gasteiger partial charge in [-0.25, -0.2) is 4.79 Å². The molecular formula is C20H24N4O2. The first-order valence-electron chi connectivity index (χ1n) is 8.93. The molecule has 1 aliphatic heterocycles. The molecule has 2 heterocycles. The van der Waals surface area contributed by atoms with E-state index < -0.39 is 0 Å². The van der Waals surface area contributed by atoms with Crippen LogP contribution in [0.15, 0.2) is 54.9 Å². The minimum Gasteiger partial charge on any atom is -0.342 e. The number of nitrogens with one attached hydrogen (secondary N) is 2. The van der Waals surface area contributed by atoms with Gasteiger partial charge >= 0.3 is 6.03 Å². The second kappa shape index (κ2) is 8.99. The van der Waals surface area contributed by atoms with Gasteiger partial charge in [0.25, 0.3) is 0 Å². The van der Waals surface area contributed by atoms with Crippen LogP contribution in [0.25, 0.3) is 0 Å². The van der Waals surface area contributed by atoms with E-state index in [1.54, 1.807) is 12.4 Å². The highest BCUT2D eigenvalue weighted by atomic mass is 16.2. The Balaban J connectivity index is 1.36. The fraction of sp³-hybridized carbons (Fsp3) is 0.350. The zero-order valence-electron chi connectivity index (χ0n) is 14.7. The molecule has 0 unspecified atom stereocenters. The highest BCUT2D eigenvalue weighted by molar-refractivity contribution is 5.79. The van der Waals surface area contributed by atoms with Crippen LogP contribution in [0.2, 0.25) is 0 Å². The van der Waals surface area contributed by atoms with Gasteiger partial charge in [0.15, 0.2) is 0 Å². The third-order valence-electron chi connectivity index (χ3n) is 4.56. The second-order valence-corrected chi connectivity index (χ2v) is 6.56. The molecule has 1 saturated heterocycles. The maximum Gasteiger partial charge on any atom is 0.315 e. The smallest absolute Gasteiger partial charge is 0.315 e. The lowest BCUT2D eigenvalue weighted by Crippen LogP contribution is -2.38. The zero-order chi connectivity index (χ0) is 18.2. The van der Waals surface area contributed by atoms with Gasteiger partial charge in [-0.05, 0) is 29.7 Å². The van der Waals surface area contributed by atoms with Crippen LogP contribution >= 0.6 is 0 Å². The Morgan fingerprint density at radius 3 is 2.62 bits per heavy atom. The van der Waals surface area contributed by atoms with Crippen molar-refractivity contribution in [1.29, 1.82) is 0 Å². The van der Waals surface area contributed by atoms with E-state index in [0.29, 0.717) is 26.1 Å². The maximum atomic E-state index is 12.2. The summed E-state index contributed by atoms with van der Waals surface area (Å²) in [6, 6.07) is 13.7. The molecule has 2 aromatic rings. The lowest BCUT2D eigenvalue weighted by atomic mass is 10.1. The van der Waals surface area contributed by atoms with Gasteiger partial charge in [0.1, 0.15) is 0 Å². The lowest BCUT2D eigenvalue weighted by Gasteiger charge is -2.17. The number of likely N-dealkylation sites (tertiary alicyclic amines) is 1. The molecule has 6 heteroatoms. The largest absolute Gasteiger partial charge is 0.342 e. The van der Waals surface area contributed by atoms with Gasteiger partial charge in [-0.2, -0.15) is 0 Å². The summed E-state index contributed by atoms with van der Waals surface area (Å²) in [4.78, 5) is 29.9. The van der Waals surface area contributed by atoms with Crippen molar-refractivity contribution in [3.63, 3.8) is 0 Å². The SMILES string of the molecule is O=C(NCc1ccncc1)NC[C@H]1CC(=O)N(CCc2ccccc2)C1. The van der Waals surface area contributed by atoms with Crippen LogP contribution in [0, 0.1) is 5.92 Å². The molecule has 3 amide bonds. The summed E-state index contributed by atoms with van der Waals surface area (Å²) in [5, 5.41) is 5.68. The molecule has 0 aliphatic carbocycles. The number of rotatable bonds is 7. The summed E-state index contributed by atoms with van der Waals surface area (Å²) in [5.74, 6) is 0.342. The molecule has 0 spiro atoms. The Morgan fingerprint density at radius 1 is 1.08 bits per heavy atom. The first kappa shape index (κ1) is 17.9. The molecule has 0 radical (unpaired) electrons. The summed E-state index contributed by atoms with van der Waals surface area (Å²) in [7, 11) is 0. The normalized spacial score (nSPS) is 16.5. The van der Waals surface area contributed by atoms with Crippen LogP contribution in [0.5, 0.6) is 0 Å². The van der Waals surface area contributed by atoms with E-state index >= 15 is 0 Å². The van der Waals surface area contributed by atoms with Crippen molar-refractivity contribution >= 4 is 11.9 Å². The summed E-state index contributed by atoms with van der Waals surface area (Å²) < 4.78 is 0. The third kappa shape index (κ3) is 5.31. The average molecular weight is 352 g/mol. The first-order valence-corrected chi connectivity index (χ1v) is 8.93. The van der Waals surface area contributed by atoms with E-state index in [0.717, 1.165) is 18.5 Å². The quantitative estimate of drug-likeness (QED) is 0.800. The van der Waals surface area contributed by atoms with Crippen LogP contribution in [-0.4, -0.2) is 41.5 Å². The van der Waals surface area contributed by atoms with Gasteiger partial charge in [-0.15, -0.1) is 0 Å². The Kier molecular flexibility index (Phi) is 6.19. The second-order valence-electron chi connectivity index (χ2n) is 6.56. The van der Waals surface area contributed by atoms with E-state index in [-0.39, 0.29) is 17.9 Å². The highest BCUT2D eigenvalue weighted by Gasteiger charge is 2.29. The van der Waals surface area contributed by atoms with E-state index in [2.05, 4.69) is 27.8 Å². The molecule has 0 saturated carbocycles. The number of hydrogen-bond acceptors (Lipinski definition) is 3. The van der Waals surface area contributed by atoms with Crippen LogP contribution in [-0.2, 0) is 17.8 Å². The Bertz CT molecular complexity index is 721. The predicted molar refractivity (Wildman–Crippen MR) is 99.3 cm³/mol. The Labute approximate surface area is 153 Å². The zero-order valence-corrected chi connectivity index (χ0v) is 14.7. The van der Waals surface area contributed by atoms with E-state index in [1.807, 2.05) is 35.2 Å². The van der Waals surface area contributed by atoms with Crippen molar-refractivity contribution in [3.05, 3.63) is 66.0 Å². The van der Waals surface area contributed by atoms with Crippen molar-refractivity contribution in [3.8, 4) is 0 Å². The van der Waals surface area contributed by atoms with Crippen LogP contribution in [0.4, 0.5) is 4.79 Å². The topological polar surface area (TPSA) is 74.3 Å². The molecule has 1 aromatic carbocycles. The molecule has 0 bridgehead atoms. The molecule has 1 atom stereocenters. The number of amides is 3. The van der Waals surface area contributed by atoms with Gasteiger partial charge in [0.2, 0.25) is 5.91 Å². The number of carbonyl (C=O) groups is 2. The fourth-order valence-electron chi connectivity index (χ4n) is 3.10. The average Bonchev–Trinajstić information content (AvgIpc) is 3.04. The summed E-state index contributed by atoms with van der Waals surface area (Å²) in [6.45, 7) is 2.40. The van der Waals surface area contributed by atoms with Gasteiger partial charge in [0, 0.05) is 50.9 Å². The minimum atomic E-state index is -0.211. The number of carbonyl (C=O) groups excluding carboxylic acids is 2. The molecule has 6 nitrogen and oxygen atoms in total. The van der Waals surface area contributed by atoms with Gasteiger partial charge in [-0.1, -0.05) is 30.3 Å². The molecule has 3 rings (SSSR count). The van der Waals surface area contributed by atoms with E-state index in [1.165, 1.54) is 5.56 Å². The van der Waals surface area contributed by atoms with Gasteiger partial charge in [-0.3, -0.25) is 9.78 Å². The van der Waals surface area contributed by atoms with Crippen molar-refractivity contribution in [2.45, 2.75) is 19.4 Å². The lowest BCUT2D eigenvalue weighted by molar-refractivity contribution is -0.127.